The van der Waals surface area contributed by atoms with Crippen molar-refractivity contribution in [1.82, 2.24) is 5.32 Å². The van der Waals surface area contributed by atoms with Gasteiger partial charge in [-0.05, 0) is 36.1 Å². The summed E-state index contributed by atoms with van der Waals surface area (Å²) in [4.78, 5) is 0. The second-order valence-corrected chi connectivity index (χ2v) is 7.04. The summed E-state index contributed by atoms with van der Waals surface area (Å²) >= 11 is 2.02. The molecule has 2 nitrogen and oxygen atoms in total. The van der Waals surface area contributed by atoms with E-state index < -0.39 is 5.60 Å². The molecule has 1 aromatic rings. The van der Waals surface area contributed by atoms with Crippen LogP contribution >= 0.6 is 11.8 Å². The Bertz CT molecular complexity index is 429. The van der Waals surface area contributed by atoms with Crippen LogP contribution in [0.1, 0.15) is 42.9 Å². The monoisotopic (exact) mass is 277 g/mol. The van der Waals surface area contributed by atoms with Gasteiger partial charge in [0.1, 0.15) is 0 Å². The molecule has 0 saturated heterocycles. The summed E-state index contributed by atoms with van der Waals surface area (Å²) in [6, 6.07) is 9.16. The van der Waals surface area contributed by atoms with E-state index in [2.05, 4.69) is 29.6 Å². The van der Waals surface area contributed by atoms with Crippen molar-refractivity contribution in [2.24, 2.45) is 0 Å². The van der Waals surface area contributed by atoms with Crippen molar-refractivity contribution in [2.75, 3.05) is 18.1 Å². The van der Waals surface area contributed by atoms with Gasteiger partial charge in [0.15, 0.2) is 0 Å². The van der Waals surface area contributed by atoms with Crippen molar-refractivity contribution < 1.29 is 5.11 Å². The molecule has 0 radical (unpaired) electrons. The molecule has 2 N–H and O–H groups in total. The first-order chi connectivity index (χ1) is 9.27. The number of thioether (sulfide) groups is 1. The Kier molecular flexibility index (Phi) is 4.15. The van der Waals surface area contributed by atoms with Crippen molar-refractivity contribution in [1.29, 1.82) is 0 Å². The van der Waals surface area contributed by atoms with E-state index >= 15 is 0 Å². The second-order valence-electron chi connectivity index (χ2n) is 5.89. The zero-order valence-electron chi connectivity index (χ0n) is 11.4. The van der Waals surface area contributed by atoms with Crippen LogP contribution in [0.4, 0.5) is 0 Å². The van der Waals surface area contributed by atoms with Gasteiger partial charge < -0.3 is 10.4 Å². The zero-order valence-corrected chi connectivity index (χ0v) is 12.2. The fraction of sp³-hybridized carbons (Fsp3) is 0.625. The molecule has 1 saturated carbocycles. The normalized spacial score (nSPS) is 25.8. The minimum absolute atomic E-state index is 0.397. The van der Waals surface area contributed by atoms with E-state index in [1.165, 1.54) is 36.1 Å². The lowest BCUT2D eigenvalue weighted by Crippen LogP contribution is -2.40. The van der Waals surface area contributed by atoms with Crippen LogP contribution < -0.4 is 5.32 Å². The molecular formula is C16H23NOS. The SMILES string of the molecule is OC1(CNC2CSCCc3ccccc32)CCCC1. The van der Waals surface area contributed by atoms with Crippen molar-refractivity contribution in [2.45, 2.75) is 43.7 Å². The third-order valence-electron chi connectivity index (χ3n) is 4.44. The number of fused-ring (bicyclic) bond motifs is 1. The molecule has 104 valence electrons. The highest BCUT2D eigenvalue weighted by Crippen LogP contribution is 2.31. The van der Waals surface area contributed by atoms with E-state index in [1.807, 2.05) is 11.8 Å². The third kappa shape index (κ3) is 3.15. The second kappa shape index (κ2) is 5.86. The molecule has 3 heteroatoms. The maximum absolute atomic E-state index is 10.5. The highest BCUT2D eigenvalue weighted by Gasteiger charge is 2.32. The van der Waals surface area contributed by atoms with Crippen LogP contribution in [0.25, 0.3) is 0 Å². The van der Waals surface area contributed by atoms with Gasteiger partial charge in [0.2, 0.25) is 0 Å². The van der Waals surface area contributed by atoms with Gasteiger partial charge in [-0.15, -0.1) is 0 Å². The Morgan fingerprint density at radius 1 is 1.26 bits per heavy atom. The molecule has 0 aromatic heterocycles. The fourth-order valence-electron chi connectivity index (χ4n) is 3.27. The summed E-state index contributed by atoms with van der Waals surface area (Å²) in [5, 5.41) is 14.1. The van der Waals surface area contributed by atoms with Crippen molar-refractivity contribution in [3.05, 3.63) is 35.4 Å². The molecule has 2 aliphatic rings. The number of nitrogens with one attached hydrogen (secondary N) is 1. The number of aryl methyl sites for hydroxylation is 1. The number of hydrogen-bond donors (Lipinski definition) is 2. The quantitative estimate of drug-likeness (QED) is 0.891. The molecule has 3 rings (SSSR count). The maximum atomic E-state index is 10.5. The molecular weight excluding hydrogens is 254 g/mol. The van der Waals surface area contributed by atoms with Crippen LogP contribution in [0.5, 0.6) is 0 Å². The lowest BCUT2D eigenvalue weighted by molar-refractivity contribution is 0.0455. The average Bonchev–Trinajstić information content (AvgIpc) is 2.75. The third-order valence-corrected chi connectivity index (χ3v) is 5.50. The number of benzene rings is 1. The van der Waals surface area contributed by atoms with Crippen LogP contribution in [0.3, 0.4) is 0 Å². The molecule has 1 atom stereocenters. The lowest BCUT2D eigenvalue weighted by atomic mass is 9.97. The van der Waals surface area contributed by atoms with Crippen LogP contribution in [-0.2, 0) is 6.42 Å². The van der Waals surface area contributed by atoms with Crippen molar-refractivity contribution >= 4 is 11.8 Å². The van der Waals surface area contributed by atoms with Gasteiger partial charge in [-0.2, -0.15) is 11.8 Å². The fourth-order valence-corrected chi connectivity index (χ4v) is 4.33. The Hall–Kier alpha value is -0.510. The minimum Gasteiger partial charge on any atom is -0.389 e. The largest absolute Gasteiger partial charge is 0.389 e. The maximum Gasteiger partial charge on any atom is 0.0771 e. The molecule has 1 fully saturated rings. The van der Waals surface area contributed by atoms with Gasteiger partial charge in [-0.3, -0.25) is 0 Å². The smallest absolute Gasteiger partial charge is 0.0771 e. The van der Waals surface area contributed by atoms with E-state index in [9.17, 15) is 5.11 Å². The van der Waals surface area contributed by atoms with Crippen LogP contribution in [0.15, 0.2) is 24.3 Å². The van der Waals surface area contributed by atoms with E-state index in [-0.39, 0.29) is 0 Å². The average molecular weight is 277 g/mol. The van der Waals surface area contributed by atoms with Gasteiger partial charge in [0.05, 0.1) is 5.60 Å². The predicted molar refractivity (Wildman–Crippen MR) is 81.6 cm³/mol. The number of rotatable bonds is 3. The number of aliphatic hydroxyl groups is 1. The lowest BCUT2D eigenvalue weighted by Gasteiger charge is -2.27. The molecule has 19 heavy (non-hydrogen) atoms. The Morgan fingerprint density at radius 2 is 2.05 bits per heavy atom. The van der Waals surface area contributed by atoms with Gasteiger partial charge >= 0.3 is 0 Å². The van der Waals surface area contributed by atoms with Gasteiger partial charge in [-0.1, -0.05) is 37.1 Å². The Balaban J connectivity index is 1.70. The summed E-state index contributed by atoms with van der Waals surface area (Å²) in [6.45, 7) is 0.743. The van der Waals surface area contributed by atoms with Crippen molar-refractivity contribution in [3.63, 3.8) is 0 Å². The molecule has 1 aliphatic carbocycles. The van der Waals surface area contributed by atoms with Gasteiger partial charge in [-0.25, -0.2) is 0 Å². The molecule has 1 heterocycles. The summed E-state index contributed by atoms with van der Waals surface area (Å²) in [5.74, 6) is 2.33. The number of hydrogen-bond acceptors (Lipinski definition) is 3. The van der Waals surface area contributed by atoms with Crippen LogP contribution in [-0.4, -0.2) is 28.8 Å². The van der Waals surface area contributed by atoms with Crippen LogP contribution in [0.2, 0.25) is 0 Å². The summed E-state index contributed by atoms with van der Waals surface area (Å²) < 4.78 is 0. The zero-order chi connectivity index (χ0) is 13.1. The van der Waals surface area contributed by atoms with E-state index in [1.54, 1.807) is 0 Å². The minimum atomic E-state index is -0.452. The Morgan fingerprint density at radius 3 is 2.89 bits per heavy atom. The molecule has 0 bridgehead atoms. The first-order valence-corrected chi connectivity index (χ1v) is 8.54. The summed E-state index contributed by atoms with van der Waals surface area (Å²) in [7, 11) is 0. The standard InChI is InChI=1S/C16H23NOS/c18-16(8-3-4-9-16)12-17-15-11-19-10-7-13-5-1-2-6-14(13)15/h1-2,5-6,15,17-18H,3-4,7-12H2. The predicted octanol–water partition coefficient (Wildman–Crippen LogP) is 2.91. The molecule has 0 spiro atoms. The summed E-state index contributed by atoms with van der Waals surface area (Å²) in [5.41, 5.74) is 2.46. The first-order valence-electron chi connectivity index (χ1n) is 7.38. The van der Waals surface area contributed by atoms with Crippen molar-refractivity contribution in [3.8, 4) is 0 Å². The van der Waals surface area contributed by atoms with Gasteiger partial charge in [0, 0.05) is 18.3 Å². The highest BCUT2D eigenvalue weighted by molar-refractivity contribution is 7.99. The Labute approximate surface area is 120 Å². The molecule has 1 unspecified atom stereocenters. The highest BCUT2D eigenvalue weighted by atomic mass is 32.2. The molecule has 0 amide bonds. The van der Waals surface area contributed by atoms with Crippen LogP contribution in [0, 0.1) is 0 Å². The topological polar surface area (TPSA) is 32.3 Å². The van der Waals surface area contributed by atoms with Gasteiger partial charge in [0.25, 0.3) is 0 Å². The first kappa shape index (κ1) is 13.5. The van der Waals surface area contributed by atoms with E-state index in [0.29, 0.717) is 6.04 Å². The molecule has 1 aromatic carbocycles. The summed E-state index contributed by atoms with van der Waals surface area (Å²) in [6.07, 6.45) is 5.44. The van der Waals surface area contributed by atoms with E-state index in [0.717, 1.165) is 25.1 Å². The van der Waals surface area contributed by atoms with E-state index in [4.69, 9.17) is 0 Å². The molecule has 1 aliphatic heterocycles.